The van der Waals surface area contributed by atoms with E-state index in [0.29, 0.717) is 0 Å². The first kappa shape index (κ1) is 11.3. The van der Waals surface area contributed by atoms with Crippen LogP contribution in [0.1, 0.15) is 18.4 Å². The maximum Gasteiger partial charge on any atom is 0.142 e. The highest BCUT2D eigenvalue weighted by Crippen LogP contribution is 2.31. The van der Waals surface area contributed by atoms with E-state index in [1.54, 1.807) is 0 Å². The van der Waals surface area contributed by atoms with Gasteiger partial charge in [-0.15, -0.1) is 0 Å². The predicted octanol–water partition coefficient (Wildman–Crippen LogP) is 2.12. The number of nitrogen functional groups attached to an aromatic ring is 1. The topological polar surface area (TPSA) is 38.5 Å². The molecule has 0 radical (unpaired) electrons. The summed E-state index contributed by atoms with van der Waals surface area (Å²) in [6.45, 7) is 1.73. The van der Waals surface area contributed by atoms with Crippen molar-refractivity contribution in [2.75, 3.05) is 26.4 Å². The summed E-state index contributed by atoms with van der Waals surface area (Å²) in [6, 6.07) is 6.07. The fourth-order valence-corrected chi connectivity index (χ4v) is 1.69. The summed E-state index contributed by atoms with van der Waals surface area (Å²) in [6.07, 6.45) is 2.61. The van der Waals surface area contributed by atoms with E-state index in [4.69, 9.17) is 10.5 Å². The number of benzene rings is 1. The molecule has 2 N–H and O–H groups in total. The van der Waals surface area contributed by atoms with E-state index in [2.05, 4.69) is 11.0 Å². The Labute approximate surface area is 97.2 Å². The Morgan fingerprint density at radius 3 is 2.69 bits per heavy atom. The van der Waals surface area contributed by atoms with Crippen molar-refractivity contribution in [3.8, 4) is 5.75 Å². The van der Waals surface area contributed by atoms with Crippen LogP contribution < -0.4 is 10.5 Å². The molecule has 0 unspecified atom stereocenters. The van der Waals surface area contributed by atoms with Crippen molar-refractivity contribution in [1.29, 1.82) is 0 Å². The van der Waals surface area contributed by atoms with Crippen LogP contribution in [-0.4, -0.2) is 25.6 Å². The predicted molar refractivity (Wildman–Crippen MR) is 66.5 cm³/mol. The average molecular weight is 220 g/mol. The van der Waals surface area contributed by atoms with Gasteiger partial charge in [0.2, 0.25) is 0 Å². The summed E-state index contributed by atoms with van der Waals surface area (Å²) in [5.74, 6) is 1.59. The van der Waals surface area contributed by atoms with Crippen LogP contribution in [-0.2, 0) is 6.54 Å². The van der Waals surface area contributed by atoms with Gasteiger partial charge >= 0.3 is 0 Å². The van der Waals surface area contributed by atoms with Crippen LogP contribution in [0.15, 0.2) is 18.2 Å². The largest absolute Gasteiger partial charge is 0.491 e. The second-order valence-corrected chi connectivity index (χ2v) is 4.86. The molecular weight excluding hydrogens is 200 g/mol. The molecule has 16 heavy (non-hydrogen) atoms. The molecule has 88 valence electrons. The third-order valence-electron chi connectivity index (χ3n) is 2.74. The molecule has 1 aromatic carbocycles. The second kappa shape index (κ2) is 4.74. The smallest absolute Gasteiger partial charge is 0.142 e. The van der Waals surface area contributed by atoms with Gasteiger partial charge in [0, 0.05) is 6.54 Å². The molecular formula is C13H20N2O. The normalized spacial score (nSPS) is 15.4. The van der Waals surface area contributed by atoms with E-state index < -0.39 is 0 Å². The van der Waals surface area contributed by atoms with Crippen molar-refractivity contribution in [2.24, 2.45) is 5.92 Å². The minimum atomic E-state index is 0.750. The quantitative estimate of drug-likeness (QED) is 0.772. The van der Waals surface area contributed by atoms with Crippen LogP contribution in [0, 0.1) is 5.92 Å². The number of anilines is 1. The van der Waals surface area contributed by atoms with Gasteiger partial charge in [0.25, 0.3) is 0 Å². The molecule has 0 aliphatic heterocycles. The Balaban J connectivity index is 1.97. The van der Waals surface area contributed by atoms with Crippen LogP contribution in [0.2, 0.25) is 0 Å². The number of nitrogens with two attached hydrogens (primary N) is 1. The molecule has 0 aromatic heterocycles. The lowest BCUT2D eigenvalue weighted by molar-refractivity contribution is 0.301. The third-order valence-corrected chi connectivity index (χ3v) is 2.74. The van der Waals surface area contributed by atoms with E-state index in [-0.39, 0.29) is 0 Å². The molecule has 0 heterocycles. The molecule has 0 saturated heterocycles. The molecule has 3 heteroatoms. The van der Waals surface area contributed by atoms with Gasteiger partial charge in [-0.2, -0.15) is 0 Å². The Bertz CT molecular complexity index is 359. The van der Waals surface area contributed by atoms with Gasteiger partial charge in [0.1, 0.15) is 5.75 Å². The van der Waals surface area contributed by atoms with Crippen LogP contribution in [0.3, 0.4) is 0 Å². The Kier molecular flexibility index (Phi) is 3.34. The second-order valence-electron chi connectivity index (χ2n) is 4.86. The van der Waals surface area contributed by atoms with Gasteiger partial charge in [-0.1, -0.05) is 6.07 Å². The molecule has 1 aliphatic carbocycles. The van der Waals surface area contributed by atoms with Crippen molar-refractivity contribution < 1.29 is 4.74 Å². The monoisotopic (exact) mass is 220 g/mol. The summed E-state index contributed by atoms with van der Waals surface area (Å²) in [5, 5.41) is 0. The molecule has 0 spiro atoms. The Morgan fingerprint density at radius 1 is 1.38 bits per heavy atom. The maximum atomic E-state index is 5.96. The molecule has 1 fully saturated rings. The number of nitrogens with zero attached hydrogens (tertiary/aromatic N) is 1. The van der Waals surface area contributed by atoms with Gasteiger partial charge in [0.05, 0.1) is 12.3 Å². The first-order chi connectivity index (χ1) is 7.65. The van der Waals surface area contributed by atoms with E-state index in [1.165, 1.54) is 18.4 Å². The SMILES string of the molecule is CN(C)Cc1ccc(OCC2CC2)c(N)c1. The molecule has 0 atom stereocenters. The van der Waals surface area contributed by atoms with Crippen LogP contribution in [0.25, 0.3) is 0 Å². The Hall–Kier alpha value is -1.22. The molecule has 0 amide bonds. The zero-order valence-electron chi connectivity index (χ0n) is 10.1. The van der Waals surface area contributed by atoms with Crippen LogP contribution in [0.5, 0.6) is 5.75 Å². The molecule has 1 aromatic rings. The molecule has 1 saturated carbocycles. The number of ether oxygens (including phenoxy) is 1. The Morgan fingerprint density at radius 2 is 2.12 bits per heavy atom. The molecule has 0 bridgehead atoms. The van der Waals surface area contributed by atoms with E-state index >= 15 is 0 Å². The highest BCUT2D eigenvalue weighted by molar-refractivity contribution is 5.54. The van der Waals surface area contributed by atoms with Crippen molar-refractivity contribution in [3.63, 3.8) is 0 Å². The minimum Gasteiger partial charge on any atom is -0.491 e. The summed E-state index contributed by atoms with van der Waals surface area (Å²) < 4.78 is 5.68. The van der Waals surface area contributed by atoms with Crippen molar-refractivity contribution in [1.82, 2.24) is 4.90 Å². The first-order valence-corrected chi connectivity index (χ1v) is 5.81. The van der Waals surface area contributed by atoms with E-state index in [0.717, 1.165) is 30.5 Å². The standard InChI is InChI=1S/C13H20N2O/c1-15(2)8-11-5-6-13(12(14)7-11)16-9-10-3-4-10/h5-7,10H,3-4,8-9,14H2,1-2H3. The lowest BCUT2D eigenvalue weighted by atomic mass is 10.2. The first-order valence-electron chi connectivity index (χ1n) is 5.81. The fraction of sp³-hybridized carbons (Fsp3) is 0.538. The maximum absolute atomic E-state index is 5.96. The highest BCUT2D eigenvalue weighted by Gasteiger charge is 2.22. The van der Waals surface area contributed by atoms with Crippen molar-refractivity contribution in [3.05, 3.63) is 23.8 Å². The molecule has 3 nitrogen and oxygen atoms in total. The van der Waals surface area contributed by atoms with Crippen LogP contribution in [0.4, 0.5) is 5.69 Å². The van der Waals surface area contributed by atoms with Gasteiger partial charge < -0.3 is 15.4 Å². The lowest BCUT2D eigenvalue weighted by Gasteiger charge is -2.13. The number of rotatable bonds is 5. The summed E-state index contributed by atoms with van der Waals surface area (Å²) in [5.41, 5.74) is 7.93. The van der Waals surface area contributed by atoms with Gasteiger partial charge in [-0.3, -0.25) is 0 Å². The van der Waals surface area contributed by atoms with Gasteiger partial charge in [-0.05, 0) is 50.6 Å². The minimum absolute atomic E-state index is 0.750. The summed E-state index contributed by atoms with van der Waals surface area (Å²) in [7, 11) is 4.10. The molecule has 1 aliphatic rings. The summed E-state index contributed by atoms with van der Waals surface area (Å²) in [4.78, 5) is 2.12. The summed E-state index contributed by atoms with van der Waals surface area (Å²) >= 11 is 0. The van der Waals surface area contributed by atoms with Crippen LogP contribution >= 0.6 is 0 Å². The van der Waals surface area contributed by atoms with Crippen molar-refractivity contribution >= 4 is 5.69 Å². The number of hydrogen-bond acceptors (Lipinski definition) is 3. The number of hydrogen-bond donors (Lipinski definition) is 1. The van der Waals surface area contributed by atoms with Gasteiger partial charge in [0.15, 0.2) is 0 Å². The zero-order chi connectivity index (χ0) is 11.5. The van der Waals surface area contributed by atoms with Crippen molar-refractivity contribution in [2.45, 2.75) is 19.4 Å². The highest BCUT2D eigenvalue weighted by atomic mass is 16.5. The zero-order valence-corrected chi connectivity index (χ0v) is 10.1. The molecule has 2 rings (SSSR count). The fourth-order valence-electron chi connectivity index (χ4n) is 1.69. The third kappa shape index (κ3) is 3.14. The van der Waals surface area contributed by atoms with E-state index in [9.17, 15) is 0 Å². The van der Waals surface area contributed by atoms with Gasteiger partial charge in [-0.25, -0.2) is 0 Å². The average Bonchev–Trinajstić information content (AvgIpc) is 2.99. The van der Waals surface area contributed by atoms with E-state index in [1.807, 2.05) is 26.2 Å². The lowest BCUT2D eigenvalue weighted by Crippen LogP contribution is -2.11.